The van der Waals surface area contributed by atoms with Gasteiger partial charge < -0.3 is 15.0 Å². The minimum absolute atomic E-state index is 0.0157. The van der Waals surface area contributed by atoms with Crippen molar-refractivity contribution in [2.24, 2.45) is 0 Å². The van der Waals surface area contributed by atoms with Gasteiger partial charge in [-0.2, -0.15) is 0 Å². The minimum Gasteiger partial charge on any atom is -0.497 e. The van der Waals surface area contributed by atoms with Crippen LogP contribution in [-0.2, 0) is 32.6 Å². The van der Waals surface area contributed by atoms with E-state index in [2.05, 4.69) is 5.32 Å². The molecule has 4 aromatic rings. The first-order valence-corrected chi connectivity index (χ1v) is 16.1. The zero-order chi connectivity index (χ0) is 31.5. The molecular formula is C35H39N3O5S. The van der Waals surface area contributed by atoms with Gasteiger partial charge in [0, 0.05) is 19.5 Å². The molecule has 0 unspecified atom stereocenters. The Morgan fingerprint density at radius 3 is 2.07 bits per heavy atom. The number of hydrogen-bond donors (Lipinski definition) is 1. The van der Waals surface area contributed by atoms with Gasteiger partial charge in [-0.3, -0.25) is 13.9 Å². The molecule has 0 radical (unpaired) electrons. The average Bonchev–Trinajstić information content (AvgIpc) is 3.05. The largest absolute Gasteiger partial charge is 0.497 e. The van der Waals surface area contributed by atoms with Crippen LogP contribution < -0.4 is 14.4 Å². The van der Waals surface area contributed by atoms with Gasteiger partial charge >= 0.3 is 0 Å². The zero-order valence-electron chi connectivity index (χ0n) is 25.3. The Kier molecular flexibility index (Phi) is 11.2. The number of amides is 2. The topological polar surface area (TPSA) is 96.0 Å². The van der Waals surface area contributed by atoms with Gasteiger partial charge in [-0.25, -0.2) is 8.42 Å². The number of methoxy groups -OCH3 is 1. The molecule has 0 heterocycles. The predicted octanol–water partition coefficient (Wildman–Crippen LogP) is 5.37. The van der Waals surface area contributed by atoms with Crippen molar-refractivity contribution in [1.82, 2.24) is 10.2 Å². The molecule has 0 fully saturated rings. The van der Waals surface area contributed by atoms with Crippen molar-refractivity contribution < 1.29 is 22.7 Å². The standard InChI is InChI=1S/C35H39N3O5S/c1-4-23-36-35(40)33(24-28-14-7-5-8-15-28)37(25-29-16-12-11-13-27(29)2)34(39)26-38(30-17-9-6-10-18-30)44(41,42)32-21-19-31(43-3)20-22-32/h5-22,33H,4,23-26H2,1-3H3,(H,36,40)/t33-/m1/s1. The first-order chi connectivity index (χ1) is 21.2. The molecule has 0 aromatic heterocycles. The molecule has 0 aliphatic heterocycles. The van der Waals surface area contributed by atoms with Crippen molar-refractivity contribution in [1.29, 1.82) is 0 Å². The molecule has 230 valence electrons. The molecule has 0 aliphatic rings. The summed E-state index contributed by atoms with van der Waals surface area (Å²) in [6, 6.07) is 30.9. The summed E-state index contributed by atoms with van der Waals surface area (Å²) in [7, 11) is -2.67. The Balaban J connectivity index is 1.78. The maximum atomic E-state index is 14.5. The van der Waals surface area contributed by atoms with Crippen molar-refractivity contribution in [3.63, 3.8) is 0 Å². The average molecular weight is 614 g/mol. The number of carbonyl (C=O) groups excluding carboxylic acids is 2. The normalized spacial score (nSPS) is 11.8. The highest BCUT2D eigenvalue weighted by molar-refractivity contribution is 7.92. The highest BCUT2D eigenvalue weighted by Crippen LogP contribution is 2.26. The Morgan fingerprint density at radius 2 is 1.45 bits per heavy atom. The van der Waals surface area contributed by atoms with E-state index in [4.69, 9.17) is 4.74 Å². The highest BCUT2D eigenvalue weighted by Gasteiger charge is 2.34. The lowest BCUT2D eigenvalue weighted by atomic mass is 10.0. The van der Waals surface area contributed by atoms with Crippen LogP contribution in [0, 0.1) is 6.92 Å². The number of benzene rings is 4. The molecule has 8 nitrogen and oxygen atoms in total. The third-order valence-electron chi connectivity index (χ3n) is 7.39. The predicted molar refractivity (Wildman–Crippen MR) is 173 cm³/mol. The van der Waals surface area contributed by atoms with Gasteiger partial charge in [0.05, 0.1) is 17.7 Å². The second-order valence-electron chi connectivity index (χ2n) is 10.5. The molecule has 1 N–H and O–H groups in total. The summed E-state index contributed by atoms with van der Waals surface area (Å²) < 4.78 is 34.5. The SMILES string of the molecule is CCCNC(=O)[C@@H](Cc1ccccc1)N(Cc1ccccc1C)C(=O)CN(c1ccccc1)S(=O)(=O)c1ccc(OC)cc1. The first kappa shape index (κ1) is 32.3. The lowest BCUT2D eigenvalue weighted by Crippen LogP contribution is -2.53. The number of sulfonamides is 1. The Labute approximate surface area is 260 Å². The van der Waals surface area contributed by atoms with Crippen LogP contribution in [0.25, 0.3) is 0 Å². The molecule has 4 aromatic carbocycles. The summed E-state index contributed by atoms with van der Waals surface area (Å²) in [6.07, 6.45) is 1.00. The summed E-state index contributed by atoms with van der Waals surface area (Å²) in [5, 5.41) is 2.96. The van der Waals surface area contributed by atoms with E-state index < -0.39 is 28.5 Å². The van der Waals surface area contributed by atoms with Crippen molar-refractivity contribution in [2.45, 2.75) is 44.2 Å². The van der Waals surface area contributed by atoms with Crippen molar-refractivity contribution >= 4 is 27.5 Å². The lowest BCUT2D eigenvalue weighted by molar-refractivity contribution is -0.140. The van der Waals surface area contributed by atoms with Crippen LogP contribution in [0.4, 0.5) is 5.69 Å². The molecule has 2 amide bonds. The van der Waals surface area contributed by atoms with E-state index in [0.717, 1.165) is 27.4 Å². The molecule has 0 saturated carbocycles. The Hall–Kier alpha value is -4.63. The molecule has 0 spiro atoms. The smallest absolute Gasteiger partial charge is 0.264 e. The number of hydrogen-bond acceptors (Lipinski definition) is 5. The number of nitrogens with one attached hydrogen (secondary N) is 1. The molecule has 9 heteroatoms. The van der Waals surface area contributed by atoms with Crippen LogP contribution in [0.2, 0.25) is 0 Å². The van der Waals surface area contributed by atoms with E-state index in [1.807, 2.05) is 68.4 Å². The fraction of sp³-hybridized carbons (Fsp3) is 0.257. The van der Waals surface area contributed by atoms with E-state index in [0.29, 0.717) is 18.0 Å². The number of rotatable bonds is 14. The third-order valence-corrected chi connectivity index (χ3v) is 9.18. The summed E-state index contributed by atoms with van der Waals surface area (Å²) in [5.41, 5.74) is 3.05. The fourth-order valence-electron chi connectivity index (χ4n) is 4.89. The molecule has 0 aliphatic carbocycles. The van der Waals surface area contributed by atoms with E-state index in [1.54, 1.807) is 42.5 Å². The third kappa shape index (κ3) is 8.05. The summed E-state index contributed by atoms with van der Waals surface area (Å²) in [5.74, 6) is -0.277. The maximum absolute atomic E-state index is 14.5. The minimum atomic E-state index is -4.18. The summed E-state index contributed by atoms with van der Waals surface area (Å²) >= 11 is 0. The van der Waals surface area contributed by atoms with Crippen molar-refractivity contribution in [3.05, 3.63) is 126 Å². The van der Waals surface area contributed by atoms with E-state index in [1.165, 1.54) is 24.1 Å². The molecule has 44 heavy (non-hydrogen) atoms. The number of para-hydroxylation sites is 1. The number of carbonyl (C=O) groups is 2. The highest BCUT2D eigenvalue weighted by atomic mass is 32.2. The Bertz CT molecular complexity index is 1630. The van der Waals surface area contributed by atoms with Crippen LogP contribution in [-0.4, -0.2) is 51.4 Å². The number of nitrogens with zero attached hydrogens (tertiary/aromatic N) is 2. The summed E-state index contributed by atoms with van der Waals surface area (Å²) in [4.78, 5) is 29.7. The van der Waals surface area contributed by atoms with Gasteiger partial charge in [-0.15, -0.1) is 0 Å². The van der Waals surface area contributed by atoms with Crippen LogP contribution in [0.1, 0.15) is 30.0 Å². The fourth-order valence-corrected chi connectivity index (χ4v) is 6.30. The van der Waals surface area contributed by atoms with E-state index >= 15 is 0 Å². The van der Waals surface area contributed by atoms with Gasteiger partial charge in [0.2, 0.25) is 11.8 Å². The van der Waals surface area contributed by atoms with Gasteiger partial charge in [-0.1, -0.05) is 79.7 Å². The van der Waals surface area contributed by atoms with Crippen LogP contribution in [0.15, 0.2) is 114 Å². The molecule has 0 saturated heterocycles. The molecule has 0 bridgehead atoms. The molecular weight excluding hydrogens is 574 g/mol. The van der Waals surface area contributed by atoms with Gasteiger partial charge in [0.25, 0.3) is 10.0 Å². The molecule has 1 atom stereocenters. The number of anilines is 1. The van der Waals surface area contributed by atoms with Crippen molar-refractivity contribution in [3.8, 4) is 5.75 Å². The van der Waals surface area contributed by atoms with Gasteiger partial charge in [0.15, 0.2) is 0 Å². The van der Waals surface area contributed by atoms with Gasteiger partial charge in [0.1, 0.15) is 18.3 Å². The summed E-state index contributed by atoms with van der Waals surface area (Å²) in [6.45, 7) is 4.00. The first-order valence-electron chi connectivity index (χ1n) is 14.6. The number of ether oxygens (including phenoxy) is 1. The van der Waals surface area contributed by atoms with E-state index in [9.17, 15) is 18.0 Å². The second kappa shape index (κ2) is 15.2. The van der Waals surface area contributed by atoms with Crippen LogP contribution in [0.5, 0.6) is 5.75 Å². The van der Waals surface area contributed by atoms with Crippen LogP contribution >= 0.6 is 0 Å². The zero-order valence-corrected chi connectivity index (χ0v) is 26.2. The monoisotopic (exact) mass is 613 g/mol. The second-order valence-corrected chi connectivity index (χ2v) is 12.3. The van der Waals surface area contributed by atoms with Crippen molar-refractivity contribution in [2.75, 3.05) is 24.5 Å². The van der Waals surface area contributed by atoms with E-state index in [-0.39, 0.29) is 23.8 Å². The Morgan fingerprint density at radius 1 is 0.841 bits per heavy atom. The lowest BCUT2D eigenvalue weighted by Gasteiger charge is -2.34. The quantitative estimate of drug-likeness (QED) is 0.207. The maximum Gasteiger partial charge on any atom is 0.264 e. The van der Waals surface area contributed by atoms with Crippen LogP contribution in [0.3, 0.4) is 0 Å². The molecule has 4 rings (SSSR count). The number of aryl methyl sites for hydroxylation is 1. The van der Waals surface area contributed by atoms with Gasteiger partial charge in [-0.05, 0) is 66.4 Å².